The summed E-state index contributed by atoms with van der Waals surface area (Å²) in [5, 5.41) is 20.2. The van der Waals surface area contributed by atoms with E-state index in [2.05, 4.69) is 5.32 Å². The average molecular weight is 542 g/mol. The molecule has 1 unspecified atom stereocenters. The second kappa shape index (κ2) is 10.6. The summed E-state index contributed by atoms with van der Waals surface area (Å²) in [6, 6.07) is 5.02. The topological polar surface area (TPSA) is 193 Å². The Morgan fingerprint density at radius 1 is 1.28 bits per heavy atom. The van der Waals surface area contributed by atoms with Gasteiger partial charge >= 0.3 is 11.9 Å². The SMILES string of the molecule is CO[C@@]1(NC(=O)CCCC(N)C(=O)O)C(=O)N2C(C(=O)O)=C(CS(=O)(=O)c3ccc(C)cc3)CS[C@H]21. The van der Waals surface area contributed by atoms with Crippen molar-refractivity contribution in [2.24, 2.45) is 5.73 Å². The molecule has 14 heteroatoms. The minimum atomic E-state index is -3.88. The molecular formula is C22H27N3O9S2. The molecule has 36 heavy (non-hydrogen) atoms. The van der Waals surface area contributed by atoms with Crippen molar-refractivity contribution in [3.63, 3.8) is 0 Å². The number of nitrogens with one attached hydrogen (secondary N) is 1. The van der Waals surface area contributed by atoms with Crippen molar-refractivity contribution in [1.82, 2.24) is 10.2 Å². The zero-order chi connectivity index (χ0) is 26.8. The molecule has 0 radical (unpaired) electrons. The predicted molar refractivity (Wildman–Crippen MR) is 128 cm³/mol. The van der Waals surface area contributed by atoms with E-state index in [0.29, 0.717) is 0 Å². The lowest BCUT2D eigenvalue weighted by Crippen LogP contribution is -2.80. The van der Waals surface area contributed by atoms with E-state index in [1.165, 1.54) is 19.2 Å². The van der Waals surface area contributed by atoms with Crippen LogP contribution in [0.2, 0.25) is 0 Å². The number of aryl methyl sites for hydroxylation is 1. The number of aliphatic carboxylic acids is 2. The van der Waals surface area contributed by atoms with Crippen LogP contribution in [-0.2, 0) is 33.8 Å². The number of nitrogens with zero attached hydrogens (tertiary/aromatic N) is 1. The van der Waals surface area contributed by atoms with Crippen LogP contribution < -0.4 is 11.1 Å². The number of carbonyl (C=O) groups excluding carboxylic acids is 2. The Kier molecular flexibility index (Phi) is 8.13. The molecule has 3 atom stereocenters. The highest BCUT2D eigenvalue weighted by atomic mass is 32.2. The first-order valence-corrected chi connectivity index (χ1v) is 13.6. The summed E-state index contributed by atoms with van der Waals surface area (Å²) < 4.78 is 31.2. The van der Waals surface area contributed by atoms with E-state index in [4.69, 9.17) is 15.6 Å². The van der Waals surface area contributed by atoms with Crippen LogP contribution in [0.1, 0.15) is 24.8 Å². The largest absolute Gasteiger partial charge is 0.480 e. The predicted octanol–water partition coefficient (Wildman–Crippen LogP) is 0.0636. The van der Waals surface area contributed by atoms with Crippen LogP contribution in [0.5, 0.6) is 0 Å². The average Bonchev–Trinajstić information content (AvgIpc) is 2.81. The van der Waals surface area contributed by atoms with Gasteiger partial charge in [0.1, 0.15) is 17.1 Å². The number of thioether (sulfide) groups is 1. The lowest BCUT2D eigenvalue weighted by Gasteiger charge is -2.55. The van der Waals surface area contributed by atoms with Crippen molar-refractivity contribution in [2.45, 2.75) is 48.2 Å². The van der Waals surface area contributed by atoms with E-state index >= 15 is 0 Å². The third-order valence-corrected chi connectivity index (χ3v) is 9.03. The Balaban J connectivity index is 1.79. The first kappa shape index (κ1) is 27.6. The fraction of sp³-hybridized carbons (Fsp3) is 0.455. The molecule has 0 aromatic heterocycles. The van der Waals surface area contributed by atoms with E-state index in [-0.39, 0.29) is 35.5 Å². The Labute approximate surface area is 211 Å². The first-order valence-electron chi connectivity index (χ1n) is 10.9. The number of fused-ring (bicyclic) bond motifs is 1. The second-order valence-electron chi connectivity index (χ2n) is 8.49. The zero-order valence-electron chi connectivity index (χ0n) is 19.6. The van der Waals surface area contributed by atoms with Gasteiger partial charge in [-0.05, 0) is 37.5 Å². The highest BCUT2D eigenvalue weighted by molar-refractivity contribution is 8.00. The van der Waals surface area contributed by atoms with E-state index in [1.54, 1.807) is 19.1 Å². The van der Waals surface area contributed by atoms with Crippen LogP contribution in [-0.4, -0.2) is 83.0 Å². The summed E-state index contributed by atoms with van der Waals surface area (Å²) >= 11 is 1.07. The van der Waals surface area contributed by atoms with Crippen molar-refractivity contribution in [2.75, 3.05) is 18.6 Å². The number of carboxylic acid groups (broad SMARTS) is 2. The molecule has 5 N–H and O–H groups in total. The third kappa shape index (κ3) is 5.26. The maximum Gasteiger partial charge on any atom is 0.352 e. The van der Waals surface area contributed by atoms with Gasteiger partial charge in [-0.2, -0.15) is 0 Å². The summed E-state index contributed by atoms with van der Waals surface area (Å²) in [4.78, 5) is 49.5. The Bertz CT molecular complexity index is 1210. The van der Waals surface area contributed by atoms with Gasteiger partial charge in [-0.25, -0.2) is 13.2 Å². The molecule has 1 aromatic carbocycles. The molecule has 1 aromatic rings. The van der Waals surface area contributed by atoms with Gasteiger partial charge in [-0.3, -0.25) is 19.3 Å². The normalized spacial score (nSPS) is 22.5. The minimum Gasteiger partial charge on any atom is -0.480 e. The highest BCUT2D eigenvalue weighted by Gasteiger charge is 2.66. The standard InChI is InChI=1S/C22H27N3O9S2/c1-12-6-8-14(9-7-12)36(32,33)11-13-10-35-21-22(34-2,20(31)25(21)17(13)19(29)30)24-16(26)5-3-4-15(23)18(27)28/h6-9,15,21H,3-5,10-11,23H2,1-2H3,(H,24,26)(H,27,28)(H,29,30)/t15?,21-,22-/m0/s1. The van der Waals surface area contributed by atoms with Gasteiger partial charge in [0, 0.05) is 19.3 Å². The van der Waals surface area contributed by atoms with Crippen LogP contribution in [0.15, 0.2) is 40.4 Å². The monoisotopic (exact) mass is 541 g/mol. The maximum absolute atomic E-state index is 13.1. The summed E-state index contributed by atoms with van der Waals surface area (Å²) in [6.45, 7) is 1.81. The molecule has 2 aliphatic rings. The van der Waals surface area contributed by atoms with Gasteiger partial charge in [0.2, 0.25) is 5.91 Å². The fourth-order valence-electron chi connectivity index (χ4n) is 3.99. The molecule has 12 nitrogen and oxygen atoms in total. The van der Waals surface area contributed by atoms with Crippen LogP contribution in [0.25, 0.3) is 0 Å². The van der Waals surface area contributed by atoms with Crippen LogP contribution in [0.4, 0.5) is 0 Å². The molecule has 0 bridgehead atoms. The van der Waals surface area contributed by atoms with Crippen LogP contribution in [0, 0.1) is 6.92 Å². The zero-order valence-corrected chi connectivity index (χ0v) is 21.2. The first-order chi connectivity index (χ1) is 16.8. The number of ether oxygens (including phenoxy) is 1. The molecule has 2 heterocycles. The van der Waals surface area contributed by atoms with Gasteiger partial charge < -0.3 is 26.0 Å². The number of sulfone groups is 1. The Hall–Kier alpha value is -2.94. The van der Waals surface area contributed by atoms with Crippen LogP contribution in [0.3, 0.4) is 0 Å². The smallest absolute Gasteiger partial charge is 0.352 e. The molecule has 1 fully saturated rings. The lowest BCUT2D eigenvalue weighted by molar-refractivity contribution is -0.192. The van der Waals surface area contributed by atoms with E-state index in [9.17, 15) is 32.7 Å². The number of nitrogens with two attached hydrogens (primary N) is 1. The van der Waals surface area contributed by atoms with E-state index in [1.807, 2.05) is 0 Å². The quantitative estimate of drug-likeness (QED) is 0.219. The number of hydrogen-bond acceptors (Lipinski definition) is 9. The number of hydrogen-bond donors (Lipinski definition) is 4. The molecule has 2 amide bonds. The van der Waals surface area contributed by atoms with Gasteiger partial charge in [0.15, 0.2) is 9.84 Å². The molecular weight excluding hydrogens is 514 g/mol. The number of carbonyl (C=O) groups is 4. The van der Waals surface area contributed by atoms with Crippen LogP contribution >= 0.6 is 11.8 Å². The van der Waals surface area contributed by atoms with Gasteiger partial charge in [0.25, 0.3) is 11.6 Å². The van der Waals surface area contributed by atoms with Crippen molar-refractivity contribution in [1.29, 1.82) is 0 Å². The summed E-state index contributed by atoms with van der Waals surface area (Å²) in [6.07, 6.45) is 0.0697. The number of β-lactam (4-membered cyclic amide) rings is 1. The minimum absolute atomic E-state index is 0.0182. The molecule has 2 aliphatic heterocycles. The van der Waals surface area contributed by atoms with Crippen molar-refractivity contribution >= 4 is 45.4 Å². The molecule has 0 saturated carbocycles. The fourth-order valence-corrected chi connectivity index (χ4v) is 6.97. The second-order valence-corrected chi connectivity index (χ2v) is 11.6. The number of amides is 2. The number of carboxylic acids is 2. The summed E-state index contributed by atoms with van der Waals surface area (Å²) in [5.74, 6) is -4.72. The maximum atomic E-state index is 13.1. The van der Waals surface area contributed by atoms with Crippen molar-refractivity contribution in [3.8, 4) is 0 Å². The molecule has 196 valence electrons. The summed E-state index contributed by atoms with van der Waals surface area (Å²) in [7, 11) is -2.69. The molecule has 0 spiro atoms. The highest BCUT2D eigenvalue weighted by Crippen LogP contribution is 2.47. The van der Waals surface area contributed by atoms with E-state index < -0.39 is 62.2 Å². The van der Waals surface area contributed by atoms with Gasteiger partial charge in [0.05, 0.1) is 10.6 Å². The van der Waals surface area contributed by atoms with Crippen molar-refractivity contribution < 1.29 is 42.5 Å². The molecule has 3 rings (SSSR count). The molecule has 0 aliphatic carbocycles. The van der Waals surface area contributed by atoms with Gasteiger partial charge in [-0.15, -0.1) is 11.8 Å². The third-order valence-electron chi connectivity index (χ3n) is 5.94. The van der Waals surface area contributed by atoms with Gasteiger partial charge in [-0.1, -0.05) is 17.7 Å². The van der Waals surface area contributed by atoms with E-state index in [0.717, 1.165) is 22.2 Å². The summed E-state index contributed by atoms with van der Waals surface area (Å²) in [5.41, 5.74) is 4.06. The number of rotatable bonds is 11. The Morgan fingerprint density at radius 2 is 1.92 bits per heavy atom. The number of benzene rings is 1. The molecule has 1 saturated heterocycles. The Morgan fingerprint density at radius 3 is 2.47 bits per heavy atom. The number of methoxy groups -OCH3 is 1. The lowest BCUT2D eigenvalue weighted by atomic mass is 9.98. The van der Waals surface area contributed by atoms with Crippen molar-refractivity contribution in [3.05, 3.63) is 41.1 Å².